The minimum absolute atomic E-state index is 0.377. The molecule has 104 valence electrons. The van der Waals surface area contributed by atoms with E-state index in [0.717, 1.165) is 56.9 Å². The van der Waals surface area contributed by atoms with Crippen molar-refractivity contribution in [3.05, 3.63) is 0 Å². The van der Waals surface area contributed by atoms with Crippen molar-refractivity contribution in [3.63, 3.8) is 0 Å². The minimum atomic E-state index is -0.581. The Kier molecular flexibility index (Phi) is 6.83. The first-order chi connectivity index (χ1) is 8.59. The van der Waals surface area contributed by atoms with E-state index in [1.807, 2.05) is 13.8 Å². The van der Waals surface area contributed by atoms with E-state index in [0.29, 0.717) is 0 Å². The highest BCUT2D eigenvalue weighted by molar-refractivity contribution is 7.85. The zero-order valence-corrected chi connectivity index (χ0v) is 12.4. The summed E-state index contributed by atoms with van der Waals surface area (Å²) in [5, 5.41) is 12.4. The SMILES string of the molecule is CCNC(C)(C#N)CCCCN1CCS(=O)CC1. The van der Waals surface area contributed by atoms with Crippen molar-refractivity contribution in [1.29, 1.82) is 5.26 Å². The van der Waals surface area contributed by atoms with Gasteiger partial charge in [-0.25, -0.2) is 0 Å². The molecular weight excluding hydrogens is 246 g/mol. The van der Waals surface area contributed by atoms with Crippen LogP contribution in [0.25, 0.3) is 0 Å². The normalized spacial score (nSPS) is 21.4. The molecule has 0 aromatic heterocycles. The van der Waals surface area contributed by atoms with Crippen LogP contribution in [-0.2, 0) is 10.8 Å². The number of hydrogen-bond acceptors (Lipinski definition) is 4. The molecule has 5 heteroatoms. The smallest absolute Gasteiger partial charge is 0.103 e. The largest absolute Gasteiger partial charge is 0.302 e. The molecule has 1 saturated heterocycles. The number of nitrogens with one attached hydrogen (secondary N) is 1. The Balaban J connectivity index is 2.14. The van der Waals surface area contributed by atoms with Crippen molar-refractivity contribution in [2.24, 2.45) is 0 Å². The van der Waals surface area contributed by atoms with E-state index in [2.05, 4.69) is 16.3 Å². The molecule has 0 radical (unpaired) electrons. The highest BCUT2D eigenvalue weighted by atomic mass is 32.2. The lowest BCUT2D eigenvalue weighted by atomic mass is 9.96. The molecule has 1 atom stereocenters. The summed E-state index contributed by atoms with van der Waals surface area (Å²) in [6, 6.07) is 2.36. The molecule has 0 spiro atoms. The summed E-state index contributed by atoms with van der Waals surface area (Å²) in [6.45, 7) is 7.85. The molecule has 1 aliphatic heterocycles. The first-order valence-electron chi connectivity index (χ1n) is 6.83. The fourth-order valence-corrected chi connectivity index (χ4v) is 3.42. The van der Waals surface area contributed by atoms with Gasteiger partial charge in [0.1, 0.15) is 5.54 Å². The van der Waals surface area contributed by atoms with Crippen LogP contribution in [0.1, 0.15) is 33.1 Å². The van der Waals surface area contributed by atoms with Gasteiger partial charge in [0.15, 0.2) is 0 Å². The molecule has 1 N–H and O–H groups in total. The van der Waals surface area contributed by atoms with E-state index >= 15 is 0 Å². The van der Waals surface area contributed by atoms with Crippen molar-refractivity contribution in [2.45, 2.75) is 38.6 Å². The first kappa shape index (κ1) is 15.6. The van der Waals surface area contributed by atoms with E-state index in [1.165, 1.54) is 0 Å². The van der Waals surface area contributed by atoms with Crippen LogP contribution in [-0.4, -0.2) is 52.3 Å². The van der Waals surface area contributed by atoms with E-state index in [-0.39, 0.29) is 5.54 Å². The van der Waals surface area contributed by atoms with Gasteiger partial charge in [-0.3, -0.25) is 9.53 Å². The zero-order chi connectivity index (χ0) is 13.4. The number of rotatable bonds is 7. The molecule has 0 aliphatic carbocycles. The molecule has 1 unspecified atom stereocenters. The van der Waals surface area contributed by atoms with Gasteiger partial charge in [-0.15, -0.1) is 0 Å². The highest BCUT2D eigenvalue weighted by Crippen LogP contribution is 2.13. The van der Waals surface area contributed by atoms with Crippen LogP contribution in [0.4, 0.5) is 0 Å². The lowest BCUT2D eigenvalue weighted by Gasteiger charge is -2.27. The Bertz CT molecular complexity index is 306. The molecule has 1 heterocycles. The van der Waals surface area contributed by atoms with Crippen LogP contribution in [0.5, 0.6) is 0 Å². The van der Waals surface area contributed by atoms with Crippen LogP contribution in [0.15, 0.2) is 0 Å². The van der Waals surface area contributed by atoms with Crippen LogP contribution in [0, 0.1) is 11.3 Å². The predicted octanol–water partition coefficient (Wildman–Crippen LogP) is 1.11. The van der Waals surface area contributed by atoms with Crippen LogP contribution >= 0.6 is 0 Å². The topological polar surface area (TPSA) is 56.1 Å². The second-order valence-corrected chi connectivity index (χ2v) is 6.82. The van der Waals surface area contributed by atoms with E-state index < -0.39 is 10.8 Å². The Morgan fingerprint density at radius 3 is 2.61 bits per heavy atom. The third-order valence-electron chi connectivity index (χ3n) is 3.49. The predicted molar refractivity (Wildman–Crippen MR) is 75.9 cm³/mol. The number of hydrogen-bond donors (Lipinski definition) is 1. The summed E-state index contributed by atoms with van der Waals surface area (Å²) < 4.78 is 11.2. The Morgan fingerprint density at radius 1 is 1.39 bits per heavy atom. The third kappa shape index (κ3) is 5.47. The van der Waals surface area contributed by atoms with Gasteiger partial charge in [0.2, 0.25) is 0 Å². The molecule has 0 aromatic carbocycles. The molecule has 0 saturated carbocycles. The second kappa shape index (κ2) is 7.88. The molecule has 18 heavy (non-hydrogen) atoms. The van der Waals surface area contributed by atoms with Crippen molar-refractivity contribution in [2.75, 3.05) is 37.7 Å². The molecular formula is C13H25N3OS. The lowest BCUT2D eigenvalue weighted by Crippen LogP contribution is -2.41. The number of nitrogens with zero attached hydrogens (tertiary/aromatic N) is 2. The van der Waals surface area contributed by atoms with Gasteiger partial charge in [-0.2, -0.15) is 5.26 Å². The summed E-state index contributed by atoms with van der Waals surface area (Å²) in [5.74, 6) is 1.65. The molecule has 1 aliphatic rings. The minimum Gasteiger partial charge on any atom is -0.302 e. The Hall–Kier alpha value is -0.440. The zero-order valence-electron chi connectivity index (χ0n) is 11.6. The van der Waals surface area contributed by atoms with Crippen molar-refractivity contribution in [1.82, 2.24) is 10.2 Å². The Morgan fingerprint density at radius 2 is 2.06 bits per heavy atom. The van der Waals surface area contributed by atoms with Gasteiger partial charge in [0.25, 0.3) is 0 Å². The first-order valence-corrected chi connectivity index (χ1v) is 8.32. The maximum Gasteiger partial charge on any atom is 0.103 e. The molecule has 0 amide bonds. The number of nitriles is 1. The van der Waals surface area contributed by atoms with Crippen LogP contribution in [0.2, 0.25) is 0 Å². The maximum atomic E-state index is 11.2. The Labute approximate surface area is 113 Å². The summed E-state index contributed by atoms with van der Waals surface area (Å²) in [4.78, 5) is 2.39. The molecule has 0 aromatic rings. The number of unbranched alkanes of at least 4 members (excludes halogenated alkanes) is 1. The molecule has 1 rings (SSSR count). The van der Waals surface area contributed by atoms with Crippen molar-refractivity contribution in [3.8, 4) is 6.07 Å². The van der Waals surface area contributed by atoms with Gasteiger partial charge >= 0.3 is 0 Å². The van der Waals surface area contributed by atoms with Gasteiger partial charge in [0, 0.05) is 35.4 Å². The van der Waals surface area contributed by atoms with Crippen molar-refractivity contribution >= 4 is 10.8 Å². The highest BCUT2D eigenvalue weighted by Gasteiger charge is 2.21. The van der Waals surface area contributed by atoms with Gasteiger partial charge in [0.05, 0.1) is 6.07 Å². The van der Waals surface area contributed by atoms with E-state index in [9.17, 15) is 4.21 Å². The monoisotopic (exact) mass is 271 g/mol. The van der Waals surface area contributed by atoms with Crippen LogP contribution < -0.4 is 5.32 Å². The van der Waals surface area contributed by atoms with Gasteiger partial charge in [-0.1, -0.05) is 6.92 Å². The standard InChI is InChI=1S/C13H25N3OS/c1-3-15-13(2,12-14)6-4-5-7-16-8-10-18(17)11-9-16/h15H,3-11H2,1-2H3. The van der Waals surface area contributed by atoms with Gasteiger partial charge in [-0.05, 0) is 39.3 Å². The molecule has 4 nitrogen and oxygen atoms in total. The summed E-state index contributed by atoms with van der Waals surface area (Å²) in [6.07, 6.45) is 3.09. The van der Waals surface area contributed by atoms with Gasteiger partial charge < -0.3 is 4.90 Å². The maximum absolute atomic E-state index is 11.2. The van der Waals surface area contributed by atoms with Crippen molar-refractivity contribution < 1.29 is 4.21 Å². The fourth-order valence-electron chi connectivity index (χ4n) is 2.29. The van der Waals surface area contributed by atoms with Crippen LogP contribution in [0.3, 0.4) is 0 Å². The second-order valence-electron chi connectivity index (χ2n) is 5.12. The van der Waals surface area contributed by atoms with E-state index in [4.69, 9.17) is 5.26 Å². The summed E-state index contributed by atoms with van der Waals surface area (Å²) in [5.41, 5.74) is -0.377. The lowest BCUT2D eigenvalue weighted by molar-refractivity contribution is 0.285. The molecule has 0 bridgehead atoms. The molecule has 1 fully saturated rings. The summed E-state index contributed by atoms with van der Waals surface area (Å²) >= 11 is 0. The average Bonchev–Trinajstić information content (AvgIpc) is 2.37. The van der Waals surface area contributed by atoms with E-state index in [1.54, 1.807) is 0 Å². The average molecular weight is 271 g/mol. The fraction of sp³-hybridized carbons (Fsp3) is 0.923. The quantitative estimate of drug-likeness (QED) is 0.705. The summed E-state index contributed by atoms with van der Waals surface area (Å²) in [7, 11) is -0.581. The third-order valence-corrected chi connectivity index (χ3v) is 4.76.